The summed E-state index contributed by atoms with van der Waals surface area (Å²) < 4.78 is 7.38. The van der Waals surface area contributed by atoms with Crippen LogP contribution in [0.1, 0.15) is 72.3 Å². The first-order chi connectivity index (χ1) is 17.4. The first kappa shape index (κ1) is 26.7. The molecule has 0 radical (unpaired) electrons. The molecule has 0 atom stereocenters. The number of amides is 2. The number of hydrogen-bond donors (Lipinski definition) is 1. The molecule has 37 heavy (non-hydrogen) atoms. The van der Waals surface area contributed by atoms with Crippen molar-refractivity contribution in [2.45, 2.75) is 65.9 Å². The minimum Gasteiger partial charge on any atom is -0.444 e. The Hall–Kier alpha value is -3.32. The monoisotopic (exact) mass is 522 g/mol. The number of rotatable bonds is 4. The molecule has 0 bridgehead atoms. The fraction of sp³-hybridized carbons (Fsp3) is 0.414. The van der Waals surface area contributed by atoms with Gasteiger partial charge in [0.15, 0.2) is 0 Å². The molecule has 1 N–H and O–H groups in total. The summed E-state index contributed by atoms with van der Waals surface area (Å²) in [6, 6.07) is 11.7. The lowest BCUT2D eigenvalue weighted by atomic mass is 9.90. The molecule has 196 valence electrons. The molecule has 4 rings (SSSR count). The minimum absolute atomic E-state index is 0.0278. The van der Waals surface area contributed by atoms with Crippen LogP contribution in [0.5, 0.6) is 0 Å². The number of hydrogen-bond acceptors (Lipinski definition) is 4. The van der Waals surface area contributed by atoms with Crippen LogP contribution in [0.4, 0.5) is 10.5 Å². The average Bonchev–Trinajstić information content (AvgIpc) is 3.27. The Morgan fingerprint density at radius 1 is 1.03 bits per heavy atom. The number of likely N-dealkylation sites (tertiary alicyclic amines) is 1. The fourth-order valence-electron chi connectivity index (χ4n) is 4.70. The number of carbonyl (C=O) groups is 2. The van der Waals surface area contributed by atoms with Crippen molar-refractivity contribution in [2.75, 3.05) is 18.4 Å². The molecule has 1 fully saturated rings. The van der Waals surface area contributed by atoms with E-state index in [1.54, 1.807) is 11.1 Å². The highest BCUT2D eigenvalue weighted by Gasteiger charge is 2.32. The Morgan fingerprint density at radius 2 is 1.68 bits per heavy atom. The number of nitrogens with one attached hydrogen (secondary N) is 1. The Bertz CT molecular complexity index is 1300. The largest absolute Gasteiger partial charge is 0.444 e. The molecule has 1 aliphatic heterocycles. The molecule has 2 heterocycles. The first-order valence-electron chi connectivity index (χ1n) is 12.6. The van der Waals surface area contributed by atoms with Gasteiger partial charge in [0.05, 0.1) is 23.1 Å². The lowest BCUT2D eigenvalue weighted by Crippen LogP contribution is -2.41. The van der Waals surface area contributed by atoms with E-state index in [4.69, 9.17) is 16.3 Å². The number of carbonyl (C=O) groups excluding carboxylic acids is 2. The predicted octanol–water partition coefficient (Wildman–Crippen LogP) is 6.82. The van der Waals surface area contributed by atoms with Crippen LogP contribution in [0.3, 0.4) is 0 Å². The third-order valence-corrected chi connectivity index (χ3v) is 7.11. The van der Waals surface area contributed by atoms with Crippen LogP contribution in [0.25, 0.3) is 5.69 Å². The van der Waals surface area contributed by atoms with Crippen molar-refractivity contribution in [3.8, 4) is 5.69 Å². The van der Waals surface area contributed by atoms with Gasteiger partial charge in [0.2, 0.25) is 0 Å². The Morgan fingerprint density at radius 3 is 2.27 bits per heavy atom. The van der Waals surface area contributed by atoms with Crippen LogP contribution in [0.15, 0.2) is 42.6 Å². The van der Waals surface area contributed by atoms with Gasteiger partial charge in [-0.25, -0.2) is 9.48 Å². The summed E-state index contributed by atoms with van der Waals surface area (Å²) in [4.78, 5) is 28.0. The summed E-state index contributed by atoms with van der Waals surface area (Å²) >= 11 is 6.44. The van der Waals surface area contributed by atoms with Crippen LogP contribution >= 0.6 is 11.6 Å². The van der Waals surface area contributed by atoms with Gasteiger partial charge < -0.3 is 15.0 Å². The molecule has 0 unspecified atom stereocenters. The number of aromatic nitrogens is 2. The van der Waals surface area contributed by atoms with Crippen molar-refractivity contribution in [1.82, 2.24) is 14.7 Å². The van der Waals surface area contributed by atoms with E-state index in [0.29, 0.717) is 36.5 Å². The van der Waals surface area contributed by atoms with Crippen molar-refractivity contribution in [2.24, 2.45) is 0 Å². The molecule has 2 aromatic carbocycles. The molecule has 0 aliphatic carbocycles. The number of benzene rings is 2. The topological polar surface area (TPSA) is 76.5 Å². The maximum atomic E-state index is 13.6. The van der Waals surface area contributed by atoms with Crippen molar-refractivity contribution >= 4 is 29.3 Å². The zero-order valence-electron chi connectivity index (χ0n) is 22.4. The van der Waals surface area contributed by atoms with E-state index < -0.39 is 5.60 Å². The molecule has 0 saturated carbocycles. The number of para-hydroxylation sites is 1. The first-order valence-corrected chi connectivity index (χ1v) is 13.0. The Balaban J connectivity index is 1.66. The quantitative estimate of drug-likeness (QED) is 0.408. The van der Waals surface area contributed by atoms with Gasteiger partial charge in [-0.2, -0.15) is 5.10 Å². The third-order valence-electron chi connectivity index (χ3n) is 6.70. The maximum absolute atomic E-state index is 13.6. The van der Waals surface area contributed by atoms with Gasteiger partial charge in [-0.15, -0.1) is 0 Å². The predicted molar refractivity (Wildman–Crippen MR) is 147 cm³/mol. The number of ether oxygens (including phenoxy) is 1. The lowest BCUT2D eigenvalue weighted by molar-refractivity contribution is 0.0203. The zero-order chi connectivity index (χ0) is 26.9. The van der Waals surface area contributed by atoms with E-state index in [2.05, 4.69) is 10.4 Å². The summed E-state index contributed by atoms with van der Waals surface area (Å²) in [5.41, 5.74) is 5.38. The Labute approximate surface area is 223 Å². The van der Waals surface area contributed by atoms with Crippen LogP contribution in [-0.4, -0.2) is 45.4 Å². The molecule has 7 nitrogen and oxygen atoms in total. The van der Waals surface area contributed by atoms with Crippen LogP contribution < -0.4 is 5.32 Å². The highest BCUT2D eigenvalue weighted by atomic mass is 35.5. The van der Waals surface area contributed by atoms with E-state index in [-0.39, 0.29) is 17.9 Å². The van der Waals surface area contributed by atoms with Gasteiger partial charge in [0.25, 0.3) is 5.91 Å². The molecule has 1 aliphatic rings. The van der Waals surface area contributed by atoms with E-state index in [1.807, 2.05) is 82.6 Å². The number of aryl methyl sites for hydroxylation is 3. The van der Waals surface area contributed by atoms with Gasteiger partial charge in [-0.1, -0.05) is 35.9 Å². The summed E-state index contributed by atoms with van der Waals surface area (Å²) in [6.07, 6.45) is 2.70. The number of piperidine rings is 1. The smallest absolute Gasteiger partial charge is 0.410 e. The molecule has 1 aromatic heterocycles. The van der Waals surface area contributed by atoms with Crippen LogP contribution in [-0.2, 0) is 4.74 Å². The second kappa shape index (κ2) is 10.6. The van der Waals surface area contributed by atoms with Gasteiger partial charge in [-0.3, -0.25) is 4.79 Å². The van der Waals surface area contributed by atoms with Gasteiger partial charge in [0, 0.05) is 29.7 Å². The molecule has 1 saturated heterocycles. The normalized spacial score (nSPS) is 14.5. The number of anilines is 1. The van der Waals surface area contributed by atoms with E-state index >= 15 is 0 Å². The second-order valence-corrected chi connectivity index (χ2v) is 11.2. The minimum atomic E-state index is -0.545. The van der Waals surface area contributed by atoms with Crippen LogP contribution in [0, 0.1) is 20.8 Å². The Kier molecular flexibility index (Phi) is 7.64. The van der Waals surface area contributed by atoms with E-state index in [9.17, 15) is 9.59 Å². The van der Waals surface area contributed by atoms with Crippen molar-refractivity contribution in [1.29, 1.82) is 0 Å². The summed E-state index contributed by atoms with van der Waals surface area (Å²) in [5.74, 6) is -0.175. The SMILES string of the molecule is Cc1ccc(-n2ncc(C(=O)Nc3c(C)cccc3C)c2C2CCN(C(=O)OC(C)(C)C)CC2)cc1Cl. The summed E-state index contributed by atoms with van der Waals surface area (Å²) in [6.45, 7) is 12.6. The van der Waals surface area contributed by atoms with Crippen molar-refractivity contribution in [3.63, 3.8) is 0 Å². The summed E-state index contributed by atoms with van der Waals surface area (Å²) in [7, 11) is 0. The molecule has 3 aromatic rings. The lowest BCUT2D eigenvalue weighted by Gasteiger charge is -2.34. The highest BCUT2D eigenvalue weighted by Crippen LogP contribution is 2.34. The maximum Gasteiger partial charge on any atom is 0.410 e. The molecule has 0 spiro atoms. The second-order valence-electron chi connectivity index (χ2n) is 10.8. The standard InChI is InChI=1S/C29H35ClN4O3/c1-18-10-11-22(16-24(18)30)34-26(21-12-14-33(15-13-21)28(36)37-29(4,5)6)23(17-31-34)27(35)32-25-19(2)8-7-9-20(25)3/h7-11,16-17,21H,12-15H2,1-6H3,(H,32,35). The molecular weight excluding hydrogens is 488 g/mol. The van der Waals surface area contributed by atoms with Crippen molar-refractivity contribution < 1.29 is 14.3 Å². The molecular formula is C29H35ClN4O3. The highest BCUT2D eigenvalue weighted by molar-refractivity contribution is 6.31. The third kappa shape index (κ3) is 5.99. The van der Waals surface area contributed by atoms with Gasteiger partial charge in [-0.05, 0) is 83.2 Å². The van der Waals surface area contributed by atoms with E-state index in [0.717, 1.165) is 33.8 Å². The summed E-state index contributed by atoms with van der Waals surface area (Å²) in [5, 5.41) is 8.38. The fourth-order valence-corrected chi connectivity index (χ4v) is 4.87. The number of nitrogens with zero attached hydrogens (tertiary/aromatic N) is 3. The zero-order valence-corrected chi connectivity index (χ0v) is 23.1. The number of halogens is 1. The van der Waals surface area contributed by atoms with E-state index in [1.165, 1.54) is 0 Å². The molecule has 2 amide bonds. The van der Waals surface area contributed by atoms with Crippen LogP contribution in [0.2, 0.25) is 5.02 Å². The molecule has 8 heteroatoms. The average molecular weight is 523 g/mol. The van der Waals surface area contributed by atoms with Crippen molar-refractivity contribution in [3.05, 3.63) is 75.6 Å². The van der Waals surface area contributed by atoms with Gasteiger partial charge >= 0.3 is 6.09 Å². The van der Waals surface area contributed by atoms with Gasteiger partial charge in [0.1, 0.15) is 5.60 Å².